The average Bonchev–Trinajstić information content (AvgIpc) is 2.08. The van der Waals surface area contributed by atoms with Gasteiger partial charge in [-0.3, -0.25) is 9.05 Å². The molecule has 0 bridgehead atoms. The maximum absolute atomic E-state index is 10.7. The molecule has 1 unspecified atom stereocenters. The zero-order valence-corrected chi connectivity index (χ0v) is 10.7. The number of ether oxygens (including phenoxy) is 1. The number of rotatable bonds is 8. The molecule has 0 amide bonds. The molecule has 0 aliphatic carbocycles. The first kappa shape index (κ1) is 16.9. The summed E-state index contributed by atoms with van der Waals surface area (Å²) in [5, 5.41) is 0. The Morgan fingerprint density at radius 3 is 2.12 bits per heavy atom. The Kier molecular flexibility index (Phi) is 6.16. The lowest BCUT2D eigenvalue weighted by Gasteiger charge is -2.28. The summed E-state index contributed by atoms with van der Waals surface area (Å²) in [6.07, 6.45) is 1.26. The van der Waals surface area contributed by atoms with Crippen LogP contribution in [0.15, 0.2) is 12.7 Å². The van der Waals surface area contributed by atoms with E-state index in [-0.39, 0.29) is 6.61 Å². The molecular formula is C6H14O9P2. The van der Waals surface area contributed by atoms with Crippen molar-refractivity contribution in [3.63, 3.8) is 0 Å². The Balaban J connectivity index is 4.66. The molecule has 0 fully saturated rings. The SMILES string of the molecule is C=CCOC(C)(COP(=O)(O)O)OP(=O)(O)O. The summed E-state index contributed by atoms with van der Waals surface area (Å²) in [5.74, 6) is -2.01. The fourth-order valence-electron chi connectivity index (χ4n) is 0.782. The van der Waals surface area contributed by atoms with Gasteiger partial charge in [-0.2, -0.15) is 0 Å². The molecule has 11 heteroatoms. The Morgan fingerprint density at radius 2 is 1.76 bits per heavy atom. The van der Waals surface area contributed by atoms with E-state index in [2.05, 4.69) is 15.6 Å². The predicted molar refractivity (Wildman–Crippen MR) is 55.7 cm³/mol. The van der Waals surface area contributed by atoms with Crippen LogP contribution in [0.4, 0.5) is 0 Å². The van der Waals surface area contributed by atoms with Crippen LogP contribution in [0.1, 0.15) is 6.92 Å². The smallest absolute Gasteiger partial charge is 0.343 e. The van der Waals surface area contributed by atoms with E-state index in [1.165, 1.54) is 6.08 Å². The van der Waals surface area contributed by atoms with Crippen LogP contribution in [-0.2, 0) is 22.9 Å². The van der Waals surface area contributed by atoms with Gasteiger partial charge in [0.25, 0.3) is 0 Å². The van der Waals surface area contributed by atoms with Crippen LogP contribution in [0.5, 0.6) is 0 Å². The first-order valence-corrected chi connectivity index (χ1v) is 7.25. The lowest BCUT2D eigenvalue weighted by Crippen LogP contribution is -2.36. The van der Waals surface area contributed by atoms with E-state index in [0.717, 1.165) is 6.92 Å². The van der Waals surface area contributed by atoms with Gasteiger partial charge in [0.2, 0.25) is 5.79 Å². The molecule has 0 heterocycles. The fourth-order valence-corrected chi connectivity index (χ4v) is 1.79. The molecule has 1 atom stereocenters. The van der Waals surface area contributed by atoms with Crippen molar-refractivity contribution >= 4 is 15.6 Å². The van der Waals surface area contributed by atoms with Crippen LogP contribution in [0.3, 0.4) is 0 Å². The molecule has 9 nitrogen and oxygen atoms in total. The Morgan fingerprint density at radius 1 is 1.24 bits per heavy atom. The highest BCUT2D eigenvalue weighted by Gasteiger charge is 2.36. The summed E-state index contributed by atoms with van der Waals surface area (Å²) >= 11 is 0. The molecule has 0 spiro atoms. The fraction of sp³-hybridized carbons (Fsp3) is 0.667. The lowest BCUT2D eigenvalue weighted by atomic mass is 10.3. The quantitative estimate of drug-likeness (QED) is 0.278. The van der Waals surface area contributed by atoms with Crippen molar-refractivity contribution in [3.8, 4) is 0 Å². The van der Waals surface area contributed by atoms with Gasteiger partial charge in [-0.05, 0) is 6.92 Å². The second kappa shape index (κ2) is 6.19. The zero-order valence-electron chi connectivity index (χ0n) is 8.92. The van der Waals surface area contributed by atoms with Crippen molar-refractivity contribution in [2.75, 3.05) is 13.2 Å². The van der Waals surface area contributed by atoms with Gasteiger partial charge in [0, 0.05) is 0 Å². The van der Waals surface area contributed by atoms with Crippen molar-refractivity contribution in [3.05, 3.63) is 12.7 Å². The topological polar surface area (TPSA) is 143 Å². The van der Waals surface area contributed by atoms with Gasteiger partial charge >= 0.3 is 15.6 Å². The van der Waals surface area contributed by atoms with E-state index in [0.29, 0.717) is 0 Å². The van der Waals surface area contributed by atoms with E-state index in [1.807, 2.05) is 0 Å². The largest absolute Gasteiger partial charge is 0.472 e. The van der Waals surface area contributed by atoms with Crippen molar-refractivity contribution < 1.29 is 42.5 Å². The molecule has 4 N–H and O–H groups in total. The Bertz CT molecular complexity index is 343. The van der Waals surface area contributed by atoms with Crippen LogP contribution < -0.4 is 0 Å². The van der Waals surface area contributed by atoms with Crippen LogP contribution in [0.25, 0.3) is 0 Å². The minimum Gasteiger partial charge on any atom is -0.343 e. The van der Waals surface area contributed by atoms with Crippen LogP contribution >= 0.6 is 15.6 Å². The van der Waals surface area contributed by atoms with Gasteiger partial charge in [0.05, 0.1) is 6.61 Å². The van der Waals surface area contributed by atoms with Crippen molar-refractivity contribution in [2.24, 2.45) is 0 Å². The van der Waals surface area contributed by atoms with Crippen molar-refractivity contribution in [1.82, 2.24) is 0 Å². The summed E-state index contributed by atoms with van der Waals surface area (Å²) < 4.78 is 34.3. The third kappa shape index (κ3) is 9.61. The highest BCUT2D eigenvalue weighted by Crippen LogP contribution is 2.44. The molecule has 0 aliphatic rings. The van der Waals surface area contributed by atoms with Gasteiger partial charge < -0.3 is 24.3 Å². The molecule has 0 aliphatic heterocycles. The molecule has 17 heavy (non-hydrogen) atoms. The standard InChI is InChI=1S/C6H14O9P2/c1-3-4-13-6(2,15-17(10,11)12)5-14-16(7,8)9/h3H,1,4-5H2,2H3,(H2,7,8,9)(H2,10,11,12). The second-order valence-corrected chi connectivity index (χ2v) is 5.48. The van der Waals surface area contributed by atoms with E-state index >= 15 is 0 Å². The predicted octanol–water partition coefficient (Wildman–Crippen LogP) is 0.124. The monoisotopic (exact) mass is 292 g/mol. The molecule has 0 saturated heterocycles. The Hall–Kier alpha value is -0.0800. The highest BCUT2D eigenvalue weighted by molar-refractivity contribution is 7.46. The molecule has 0 rings (SSSR count). The molecular weight excluding hydrogens is 278 g/mol. The van der Waals surface area contributed by atoms with Crippen LogP contribution in [0.2, 0.25) is 0 Å². The van der Waals surface area contributed by atoms with E-state index in [9.17, 15) is 9.13 Å². The third-order valence-corrected chi connectivity index (χ3v) is 2.40. The number of hydrogen-bond donors (Lipinski definition) is 4. The van der Waals surface area contributed by atoms with Crippen molar-refractivity contribution in [1.29, 1.82) is 0 Å². The summed E-state index contributed by atoms with van der Waals surface area (Å²) in [6.45, 7) is 3.34. The minimum absolute atomic E-state index is 0.152. The average molecular weight is 292 g/mol. The van der Waals surface area contributed by atoms with Crippen molar-refractivity contribution in [2.45, 2.75) is 12.7 Å². The summed E-state index contributed by atoms with van der Waals surface area (Å²) in [6, 6.07) is 0. The first-order chi connectivity index (χ1) is 7.47. The lowest BCUT2D eigenvalue weighted by molar-refractivity contribution is -0.191. The van der Waals surface area contributed by atoms with E-state index in [4.69, 9.17) is 24.3 Å². The van der Waals surface area contributed by atoms with Gasteiger partial charge in [-0.1, -0.05) is 6.08 Å². The summed E-state index contributed by atoms with van der Waals surface area (Å²) in [7, 11) is -9.70. The van der Waals surface area contributed by atoms with Crippen LogP contribution in [0, 0.1) is 0 Å². The molecule has 102 valence electrons. The van der Waals surface area contributed by atoms with Gasteiger partial charge in [0.15, 0.2) is 0 Å². The normalized spacial score (nSPS) is 16.5. The van der Waals surface area contributed by atoms with E-state index in [1.54, 1.807) is 0 Å². The van der Waals surface area contributed by atoms with Crippen LogP contribution in [-0.4, -0.2) is 38.6 Å². The van der Waals surface area contributed by atoms with Gasteiger partial charge in [0.1, 0.15) is 6.61 Å². The number of hydrogen-bond acceptors (Lipinski definition) is 5. The maximum atomic E-state index is 10.7. The zero-order chi connectivity index (χ0) is 13.7. The van der Waals surface area contributed by atoms with Gasteiger partial charge in [-0.15, -0.1) is 6.58 Å². The summed E-state index contributed by atoms with van der Waals surface area (Å²) in [4.78, 5) is 34.2. The second-order valence-electron chi connectivity index (χ2n) is 3.08. The number of phosphoric ester groups is 2. The maximum Gasteiger partial charge on any atom is 0.472 e. The minimum atomic E-state index is -4.90. The summed E-state index contributed by atoms with van der Waals surface area (Å²) in [5.41, 5.74) is 0. The number of phosphoric acid groups is 2. The molecule has 0 radical (unpaired) electrons. The highest BCUT2D eigenvalue weighted by atomic mass is 31.2. The first-order valence-electron chi connectivity index (χ1n) is 4.19. The molecule has 0 aromatic heterocycles. The van der Waals surface area contributed by atoms with E-state index < -0.39 is 28.0 Å². The molecule has 0 aromatic rings. The molecule has 0 saturated carbocycles. The van der Waals surface area contributed by atoms with Gasteiger partial charge in [-0.25, -0.2) is 9.13 Å². The molecule has 0 aromatic carbocycles. The third-order valence-electron chi connectivity index (χ3n) is 1.31. The Labute approximate surface area is 97.5 Å².